The number of aromatic nitrogens is 2. The van der Waals surface area contributed by atoms with Crippen molar-refractivity contribution in [1.82, 2.24) is 15.5 Å². The third kappa shape index (κ3) is 4.04. The van der Waals surface area contributed by atoms with Gasteiger partial charge in [0.1, 0.15) is 5.75 Å². The van der Waals surface area contributed by atoms with E-state index in [2.05, 4.69) is 29.3 Å². The van der Waals surface area contributed by atoms with Crippen LogP contribution in [-0.2, 0) is 6.42 Å². The van der Waals surface area contributed by atoms with Gasteiger partial charge in [-0.05, 0) is 50.6 Å². The molecule has 0 spiro atoms. The zero-order chi connectivity index (χ0) is 15.2. The Morgan fingerprint density at radius 3 is 2.86 bits per heavy atom. The van der Waals surface area contributed by atoms with Gasteiger partial charge in [0, 0.05) is 18.0 Å². The first-order chi connectivity index (χ1) is 10.1. The monoisotopic (exact) mass is 289 g/mol. The van der Waals surface area contributed by atoms with Gasteiger partial charge in [0.15, 0.2) is 0 Å². The van der Waals surface area contributed by atoms with Gasteiger partial charge in [-0.25, -0.2) is 0 Å². The summed E-state index contributed by atoms with van der Waals surface area (Å²) in [4.78, 5) is 4.47. The van der Waals surface area contributed by atoms with Gasteiger partial charge in [0.05, 0.1) is 7.11 Å². The van der Waals surface area contributed by atoms with Crippen LogP contribution in [0.1, 0.15) is 31.7 Å². The van der Waals surface area contributed by atoms with Gasteiger partial charge >= 0.3 is 0 Å². The van der Waals surface area contributed by atoms with Crippen molar-refractivity contribution in [2.24, 2.45) is 0 Å². The molecule has 5 heteroatoms. The molecule has 1 aromatic carbocycles. The van der Waals surface area contributed by atoms with Crippen molar-refractivity contribution in [2.45, 2.75) is 39.7 Å². The van der Waals surface area contributed by atoms with Crippen LogP contribution in [0.25, 0.3) is 11.4 Å². The maximum Gasteiger partial charge on any atom is 0.228 e. The van der Waals surface area contributed by atoms with Crippen LogP contribution in [0.5, 0.6) is 5.75 Å². The van der Waals surface area contributed by atoms with Crippen molar-refractivity contribution in [1.29, 1.82) is 0 Å². The van der Waals surface area contributed by atoms with Crippen molar-refractivity contribution < 1.29 is 9.26 Å². The summed E-state index contributed by atoms with van der Waals surface area (Å²) in [5, 5.41) is 7.47. The SMILES string of the molecule is CCCNC(C)Cc1nc(-c2ccc(OC)c(C)c2)no1. The zero-order valence-corrected chi connectivity index (χ0v) is 13.1. The Hall–Kier alpha value is -1.88. The summed E-state index contributed by atoms with van der Waals surface area (Å²) in [6, 6.07) is 6.20. The van der Waals surface area contributed by atoms with Crippen molar-refractivity contribution in [3.63, 3.8) is 0 Å². The molecule has 0 bridgehead atoms. The number of benzene rings is 1. The number of nitrogens with zero attached hydrogens (tertiary/aromatic N) is 2. The molecule has 0 radical (unpaired) electrons. The molecule has 21 heavy (non-hydrogen) atoms. The molecule has 1 N–H and O–H groups in total. The lowest BCUT2D eigenvalue weighted by molar-refractivity contribution is 0.362. The Labute approximate surface area is 125 Å². The van der Waals surface area contributed by atoms with E-state index in [1.807, 2.05) is 25.1 Å². The van der Waals surface area contributed by atoms with Gasteiger partial charge < -0.3 is 14.6 Å². The predicted molar refractivity (Wildman–Crippen MR) is 82.5 cm³/mol. The largest absolute Gasteiger partial charge is 0.496 e. The number of hydrogen-bond donors (Lipinski definition) is 1. The Bertz CT molecular complexity index is 581. The minimum absolute atomic E-state index is 0.329. The van der Waals surface area contributed by atoms with Gasteiger partial charge in [0.2, 0.25) is 11.7 Å². The second-order valence-electron chi connectivity index (χ2n) is 5.26. The summed E-state index contributed by atoms with van der Waals surface area (Å²) >= 11 is 0. The fourth-order valence-electron chi connectivity index (χ4n) is 2.20. The van der Waals surface area contributed by atoms with Crippen molar-refractivity contribution in [2.75, 3.05) is 13.7 Å². The molecule has 0 aliphatic heterocycles. The lowest BCUT2D eigenvalue weighted by atomic mass is 10.1. The van der Waals surface area contributed by atoms with Crippen molar-refractivity contribution in [3.05, 3.63) is 29.7 Å². The highest BCUT2D eigenvalue weighted by molar-refractivity contribution is 5.58. The second kappa shape index (κ2) is 7.22. The first-order valence-electron chi connectivity index (χ1n) is 7.35. The smallest absolute Gasteiger partial charge is 0.228 e. The van der Waals surface area contributed by atoms with Crippen molar-refractivity contribution in [3.8, 4) is 17.1 Å². The third-order valence-corrected chi connectivity index (χ3v) is 3.34. The molecule has 2 rings (SSSR count). The zero-order valence-electron chi connectivity index (χ0n) is 13.1. The summed E-state index contributed by atoms with van der Waals surface area (Å²) in [6.07, 6.45) is 1.85. The normalized spacial score (nSPS) is 12.4. The highest BCUT2D eigenvalue weighted by atomic mass is 16.5. The van der Waals surface area contributed by atoms with E-state index in [0.717, 1.165) is 36.3 Å². The molecule has 0 aliphatic carbocycles. The first kappa shape index (κ1) is 15.5. The highest BCUT2D eigenvalue weighted by Crippen LogP contribution is 2.24. The molecule has 1 atom stereocenters. The molecule has 1 heterocycles. The van der Waals surface area contributed by atoms with Gasteiger partial charge in [-0.3, -0.25) is 0 Å². The lowest BCUT2D eigenvalue weighted by Gasteiger charge is -2.09. The van der Waals surface area contributed by atoms with Crippen LogP contribution >= 0.6 is 0 Å². The van der Waals surface area contributed by atoms with Crippen LogP contribution < -0.4 is 10.1 Å². The van der Waals surface area contributed by atoms with E-state index in [0.29, 0.717) is 17.8 Å². The average Bonchev–Trinajstić information content (AvgIpc) is 2.93. The molecule has 1 aromatic heterocycles. The molecule has 1 unspecified atom stereocenters. The number of aryl methyl sites for hydroxylation is 1. The summed E-state index contributed by atoms with van der Waals surface area (Å²) in [5.74, 6) is 2.15. The molecule has 0 saturated carbocycles. The molecular formula is C16H23N3O2. The van der Waals surface area contributed by atoms with E-state index in [4.69, 9.17) is 9.26 Å². The second-order valence-corrected chi connectivity index (χ2v) is 5.26. The quantitative estimate of drug-likeness (QED) is 0.849. The molecule has 0 fully saturated rings. The van der Waals surface area contributed by atoms with Gasteiger partial charge in [-0.15, -0.1) is 0 Å². The number of hydrogen-bond acceptors (Lipinski definition) is 5. The molecule has 5 nitrogen and oxygen atoms in total. The van der Waals surface area contributed by atoms with Gasteiger partial charge in [-0.1, -0.05) is 12.1 Å². The fourth-order valence-corrected chi connectivity index (χ4v) is 2.20. The Kier molecular flexibility index (Phi) is 5.33. The number of ether oxygens (including phenoxy) is 1. The molecule has 0 saturated heterocycles. The summed E-state index contributed by atoms with van der Waals surface area (Å²) in [6.45, 7) is 7.27. The molecule has 0 aliphatic rings. The fraction of sp³-hybridized carbons (Fsp3) is 0.500. The van der Waals surface area contributed by atoms with E-state index >= 15 is 0 Å². The van der Waals surface area contributed by atoms with E-state index < -0.39 is 0 Å². The molecule has 114 valence electrons. The maximum absolute atomic E-state index is 5.33. The number of rotatable bonds is 7. The van der Waals surface area contributed by atoms with Gasteiger partial charge in [-0.2, -0.15) is 4.98 Å². The third-order valence-electron chi connectivity index (χ3n) is 3.34. The van der Waals surface area contributed by atoms with E-state index in [1.165, 1.54) is 0 Å². The number of nitrogens with one attached hydrogen (secondary N) is 1. The van der Waals surface area contributed by atoms with E-state index in [1.54, 1.807) is 7.11 Å². The number of methoxy groups -OCH3 is 1. The van der Waals surface area contributed by atoms with Crippen LogP contribution in [0.2, 0.25) is 0 Å². The minimum Gasteiger partial charge on any atom is -0.496 e. The summed E-state index contributed by atoms with van der Waals surface area (Å²) < 4.78 is 10.6. The Morgan fingerprint density at radius 2 is 2.19 bits per heavy atom. The molecule has 0 amide bonds. The topological polar surface area (TPSA) is 60.2 Å². The van der Waals surface area contributed by atoms with Crippen LogP contribution in [0.15, 0.2) is 22.7 Å². The molecular weight excluding hydrogens is 266 g/mol. The highest BCUT2D eigenvalue weighted by Gasteiger charge is 2.12. The molecule has 2 aromatic rings. The van der Waals surface area contributed by atoms with Crippen LogP contribution in [0, 0.1) is 6.92 Å². The van der Waals surface area contributed by atoms with Crippen LogP contribution in [0.3, 0.4) is 0 Å². The summed E-state index contributed by atoms with van der Waals surface area (Å²) in [7, 11) is 1.67. The Morgan fingerprint density at radius 1 is 1.38 bits per heavy atom. The van der Waals surface area contributed by atoms with Crippen LogP contribution in [0.4, 0.5) is 0 Å². The maximum atomic E-state index is 5.33. The summed E-state index contributed by atoms with van der Waals surface area (Å²) in [5.41, 5.74) is 2.00. The average molecular weight is 289 g/mol. The van der Waals surface area contributed by atoms with Crippen molar-refractivity contribution >= 4 is 0 Å². The predicted octanol–water partition coefficient (Wildman–Crippen LogP) is 2.98. The standard InChI is InChI=1S/C16H23N3O2/c1-5-8-17-12(3)10-15-18-16(19-21-15)13-6-7-14(20-4)11(2)9-13/h6-7,9,12,17H,5,8,10H2,1-4H3. The minimum atomic E-state index is 0.329. The first-order valence-corrected chi connectivity index (χ1v) is 7.35. The van der Waals surface area contributed by atoms with E-state index in [9.17, 15) is 0 Å². The van der Waals surface area contributed by atoms with Gasteiger partial charge in [0.25, 0.3) is 0 Å². The van der Waals surface area contributed by atoms with Crippen LogP contribution in [-0.4, -0.2) is 29.8 Å². The Balaban J connectivity index is 2.07. The lowest BCUT2D eigenvalue weighted by Crippen LogP contribution is -2.28. The van der Waals surface area contributed by atoms with E-state index in [-0.39, 0.29) is 0 Å².